The molecule has 0 bridgehead atoms. The van der Waals surface area contributed by atoms with E-state index in [0.29, 0.717) is 29.2 Å². The third-order valence-electron chi connectivity index (χ3n) is 3.54. The molecule has 0 aromatic heterocycles. The molecule has 0 saturated heterocycles. The van der Waals surface area contributed by atoms with E-state index in [2.05, 4.69) is 10.5 Å². The van der Waals surface area contributed by atoms with Crippen molar-refractivity contribution in [1.82, 2.24) is 5.43 Å². The van der Waals surface area contributed by atoms with Crippen LogP contribution in [0.5, 0.6) is 11.5 Å². The molecular weight excluding hydrogens is 348 g/mol. The number of esters is 1. The van der Waals surface area contributed by atoms with Crippen LogP contribution in [0.3, 0.4) is 0 Å². The van der Waals surface area contributed by atoms with Crippen molar-refractivity contribution in [3.05, 3.63) is 59.7 Å². The summed E-state index contributed by atoms with van der Waals surface area (Å²) >= 11 is 0. The van der Waals surface area contributed by atoms with Gasteiger partial charge in [0.1, 0.15) is 11.5 Å². The maximum Gasteiger partial charge on any atom is 0.338 e. The van der Waals surface area contributed by atoms with E-state index in [1.807, 2.05) is 6.92 Å². The summed E-state index contributed by atoms with van der Waals surface area (Å²) in [5, 5.41) is 13.7. The van der Waals surface area contributed by atoms with E-state index in [0.717, 1.165) is 6.42 Å². The summed E-state index contributed by atoms with van der Waals surface area (Å²) < 4.78 is 10.4. The molecule has 2 aromatic carbocycles. The fraction of sp³-hybridized carbons (Fsp3) is 0.250. The summed E-state index contributed by atoms with van der Waals surface area (Å²) in [6, 6.07) is 13.0. The van der Waals surface area contributed by atoms with Gasteiger partial charge in [0.05, 0.1) is 17.9 Å². The normalized spacial score (nSPS) is 11.0. The van der Waals surface area contributed by atoms with Crippen LogP contribution in [-0.4, -0.2) is 35.9 Å². The molecule has 0 aliphatic carbocycles. The molecule has 0 fully saturated rings. The zero-order valence-electron chi connectivity index (χ0n) is 15.3. The first-order chi connectivity index (χ1) is 13.0. The van der Waals surface area contributed by atoms with Crippen molar-refractivity contribution in [2.45, 2.75) is 20.3 Å². The van der Waals surface area contributed by atoms with Crippen LogP contribution in [0.2, 0.25) is 0 Å². The third-order valence-corrected chi connectivity index (χ3v) is 3.54. The van der Waals surface area contributed by atoms with Crippen LogP contribution < -0.4 is 10.2 Å². The van der Waals surface area contributed by atoms with E-state index in [1.165, 1.54) is 0 Å². The number of aromatic hydroxyl groups is 1. The number of carbonyl (C=O) groups excluding carboxylic acids is 2. The Balaban J connectivity index is 1.84. The molecule has 0 aliphatic heterocycles. The molecule has 2 aromatic rings. The van der Waals surface area contributed by atoms with Gasteiger partial charge in [-0.15, -0.1) is 0 Å². The van der Waals surface area contributed by atoms with Crippen LogP contribution in [0.4, 0.5) is 0 Å². The molecular formula is C20H22N2O5. The van der Waals surface area contributed by atoms with Crippen molar-refractivity contribution >= 4 is 17.6 Å². The fourth-order valence-corrected chi connectivity index (χ4v) is 2.13. The van der Waals surface area contributed by atoms with Gasteiger partial charge in [-0.3, -0.25) is 4.79 Å². The molecule has 27 heavy (non-hydrogen) atoms. The highest BCUT2D eigenvalue weighted by molar-refractivity contribution is 6.01. The lowest BCUT2D eigenvalue weighted by Gasteiger charge is -2.07. The minimum Gasteiger partial charge on any atom is -0.507 e. The maximum atomic E-state index is 11.9. The molecule has 2 N–H and O–H groups in total. The van der Waals surface area contributed by atoms with Crippen LogP contribution >= 0.6 is 0 Å². The van der Waals surface area contributed by atoms with E-state index >= 15 is 0 Å². The van der Waals surface area contributed by atoms with Gasteiger partial charge in [-0.2, -0.15) is 5.10 Å². The van der Waals surface area contributed by atoms with Gasteiger partial charge >= 0.3 is 5.97 Å². The number of rotatable bonds is 8. The highest BCUT2D eigenvalue weighted by Gasteiger charge is 2.08. The van der Waals surface area contributed by atoms with Gasteiger partial charge in [0.15, 0.2) is 6.61 Å². The highest BCUT2D eigenvalue weighted by Crippen LogP contribution is 2.16. The molecule has 0 spiro atoms. The number of nitrogens with one attached hydrogen (secondary N) is 1. The number of carbonyl (C=O) groups is 2. The van der Waals surface area contributed by atoms with Gasteiger partial charge in [-0.05, 0) is 49.7 Å². The van der Waals surface area contributed by atoms with Crippen LogP contribution in [0.25, 0.3) is 0 Å². The van der Waals surface area contributed by atoms with Crippen LogP contribution in [-0.2, 0) is 9.53 Å². The van der Waals surface area contributed by atoms with E-state index in [1.54, 1.807) is 55.5 Å². The molecule has 2 rings (SSSR count). The molecule has 0 aliphatic rings. The largest absolute Gasteiger partial charge is 0.507 e. The maximum absolute atomic E-state index is 11.9. The summed E-state index contributed by atoms with van der Waals surface area (Å²) in [7, 11) is 0. The highest BCUT2D eigenvalue weighted by atomic mass is 16.5. The van der Waals surface area contributed by atoms with Crippen LogP contribution in [0.1, 0.15) is 36.2 Å². The second-order valence-corrected chi connectivity index (χ2v) is 5.70. The average molecular weight is 370 g/mol. The van der Waals surface area contributed by atoms with Gasteiger partial charge in [-0.25, -0.2) is 10.2 Å². The Morgan fingerprint density at radius 3 is 2.48 bits per heavy atom. The molecule has 7 heteroatoms. The van der Waals surface area contributed by atoms with E-state index < -0.39 is 11.9 Å². The van der Waals surface area contributed by atoms with Gasteiger partial charge in [0.2, 0.25) is 0 Å². The Morgan fingerprint density at radius 1 is 1.11 bits per heavy atom. The monoisotopic (exact) mass is 370 g/mol. The van der Waals surface area contributed by atoms with Crippen molar-refractivity contribution in [1.29, 1.82) is 0 Å². The Bertz CT molecular complexity index is 815. The first-order valence-corrected chi connectivity index (χ1v) is 8.52. The van der Waals surface area contributed by atoms with Gasteiger partial charge in [-0.1, -0.05) is 19.1 Å². The molecule has 0 saturated carbocycles. The minimum absolute atomic E-state index is 0.0850. The second kappa shape index (κ2) is 9.96. The van der Waals surface area contributed by atoms with Gasteiger partial charge in [0, 0.05) is 5.56 Å². The number of phenols is 1. The number of benzene rings is 2. The van der Waals surface area contributed by atoms with Crippen molar-refractivity contribution in [2.24, 2.45) is 5.10 Å². The first kappa shape index (κ1) is 20.0. The zero-order chi connectivity index (χ0) is 19.6. The fourth-order valence-electron chi connectivity index (χ4n) is 2.13. The number of ether oxygens (including phenoxy) is 2. The number of hydrogen-bond acceptors (Lipinski definition) is 6. The quantitative estimate of drug-likeness (QED) is 0.423. The number of para-hydroxylation sites is 1. The molecule has 7 nitrogen and oxygen atoms in total. The van der Waals surface area contributed by atoms with Crippen LogP contribution in [0, 0.1) is 0 Å². The van der Waals surface area contributed by atoms with E-state index in [-0.39, 0.29) is 12.4 Å². The van der Waals surface area contributed by atoms with Crippen molar-refractivity contribution in [2.75, 3.05) is 13.2 Å². The number of nitrogens with zero attached hydrogens (tertiary/aromatic N) is 1. The summed E-state index contributed by atoms with van der Waals surface area (Å²) in [6.45, 7) is 3.73. The predicted octanol–water partition coefficient (Wildman–Crippen LogP) is 2.88. The van der Waals surface area contributed by atoms with Crippen LogP contribution in [0.15, 0.2) is 53.6 Å². The van der Waals surface area contributed by atoms with Gasteiger partial charge < -0.3 is 14.6 Å². The minimum atomic E-state index is -0.448. The number of hydrazone groups is 1. The summed E-state index contributed by atoms with van der Waals surface area (Å²) in [4.78, 5) is 23.6. The lowest BCUT2D eigenvalue weighted by molar-refractivity contribution is -0.123. The lowest BCUT2D eigenvalue weighted by Crippen LogP contribution is -2.25. The topological polar surface area (TPSA) is 97.2 Å². The van der Waals surface area contributed by atoms with E-state index in [9.17, 15) is 14.7 Å². The zero-order valence-corrected chi connectivity index (χ0v) is 15.3. The number of amides is 1. The molecule has 0 radical (unpaired) electrons. The number of hydrogen-bond donors (Lipinski definition) is 2. The predicted molar refractivity (Wildman–Crippen MR) is 101 cm³/mol. The average Bonchev–Trinajstić information content (AvgIpc) is 2.69. The van der Waals surface area contributed by atoms with Crippen molar-refractivity contribution < 1.29 is 24.2 Å². The molecule has 0 unspecified atom stereocenters. The summed E-state index contributed by atoms with van der Waals surface area (Å²) in [6.07, 6.45) is 0.758. The smallest absolute Gasteiger partial charge is 0.338 e. The number of phenolic OH excluding ortho intramolecular Hbond substituents is 1. The Morgan fingerprint density at radius 2 is 1.81 bits per heavy atom. The summed E-state index contributed by atoms with van der Waals surface area (Å²) in [5.41, 5.74) is 3.79. The first-order valence-electron chi connectivity index (χ1n) is 8.52. The molecule has 0 heterocycles. The summed E-state index contributed by atoms with van der Waals surface area (Å²) in [5.74, 6) is -0.313. The Kier molecular flexibility index (Phi) is 7.37. The molecule has 1 amide bonds. The van der Waals surface area contributed by atoms with Gasteiger partial charge in [0.25, 0.3) is 5.91 Å². The van der Waals surface area contributed by atoms with Crippen molar-refractivity contribution in [3.63, 3.8) is 0 Å². The standard InChI is InChI=1S/C20H22N2O5/c1-3-12-26-20(25)15-8-10-16(11-9-15)27-13-19(24)22-21-14(2)17-6-4-5-7-18(17)23/h4-11,23H,3,12-13H2,1-2H3,(H,22,24)/b21-14+. The second-order valence-electron chi connectivity index (χ2n) is 5.70. The van der Waals surface area contributed by atoms with Crippen molar-refractivity contribution in [3.8, 4) is 11.5 Å². The Labute approximate surface area is 157 Å². The lowest BCUT2D eigenvalue weighted by atomic mass is 10.1. The molecule has 142 valence electrons. The third kappa shape index (κ3) is 6.14. The Hall–Kier alpha value is -3.35. The van der Waals surface area contributed by atoms with E-state index in [4.69, 9.17) is 9.47 Å². The molecule has 0 atom stereocenters. The SMILES string of the molecule is CCCOC(=O)c1ccc(OCC(=O)N/N=C(\C)c2ccccc2O)cc1.